The molecule has 126 valence electrons. The molecule has 0 fully saturated rings. The molecule has 0 radical (unpaired) electrons. The van der Waals surface area contributed by atoms with Gasteiger partial charge in [-0.1, -0.05) is 92.2 Å². The number of rotatable bonds is 3. The van der Waals surface area contributed by atoms with Crippen LogP contribution in [0.2, 0.25) is 0 Å². The highest BCUT2D eigenvalue weighted by atomic mass is 14.3. The molecule has 0 amide bonds. The number of benzene rings is 4. The van der Waals surface area contributed by atoms with Crippen LogP contribution in [-0.2, 0) is 12.8 Å². The van der Waals surface area contributed by atoms with E-state index >= 15 is 0 Å². The van der Waals surface area contributed by atoms with Crippen molar-refractivity contribution in [1.29, 1.82) is 0 Å². The predicted molar refractivity (Wildman–Crippen MR) is 112 cm³/mol. The van der Waals surface area contributed by atoms with Gasteiger partial charge >= 0.3 is 0 Å². The van der Waals surface area contributed by atoms with E-state index in [1.807, 2.05) is 0 Å². The van der Waals surface area contributed by atoms with Crippen LogP contribution in [0.15, 0.2) is 78.9 Å². The lowest BCUT2D eigenvalue weighted by Gasteiger charge is -2.17. The molecule has 4 aromatic rings. The first-order chi connectivity index (χ1) is 12.9. The number of hydrogen-bond donors (Lipinski definition) is 0. The first-order valence-electron chi connectivity index (χ1n) is 9.58. The van der Waals surface area contributed by atoms with Gasteiger partial charge in [-0.05, 0) is 62.6 Å². The minimum Gasteiger partial charge on any atom is -0.0651 e. The predicted octanol–water partition coefficient (Wildman–Crippen LogP) is 7.03. The van der Waals surface area contributed by atoms with Crippen LogP contribution in [0.5, 0.6) is 0 Å². The van der Waals surface area contributed by atoms with Crippen LogP contribution in [0, 0.1) is 0 Å². The molecule has 0 heteroatoms. The first-order valence-corrected chi connectivity index (χ1v) is 9.58. The number of hydrogen-bond acceptors (Lipinski definition) is 0. The van der Waals surface area contributed by atoms with E-state index in [-0.39, 0.29) is 0 Å². The summed E-state index contributed by atoms with van der Waals surface area (Å²) in [6, 6.07) is 29.1. The maximum atomic E-state index is 2.36. The van der Waals surface area contributed by atoms with Crippen LogP contribution in [0.25, 0.3) is 33.0 Å². The summed E-state index contributed by atoms with van der Waals surface area (Å²) in [5, 5.41) is 2.68. The van der Waals surface area contributed by atoms with Crippen molar-refractivity contribution in [2.24, 2.45) is 0 Å². The lowest BCUT2D eigenvalue weighted by Crippen LogP contribution is -1.96. The van der Waals surface area contributed by atoms with Gasteiger partial charge < -0.3 is 0 Å². The van der Waals surface area contributed by atoms with Crippen molar-refractivity contribution in [1.82, 2.24) is 0 Å². The summed E-state index contributed by atoms with van der Waals surface area (Å²) in [6.07, 6.45) is 3.34. The van der Waals surface area contributed by atoms with Crippen LogP contribution < -0.4 is 0 Å². The molecule has 0 nitrogen and oxygen atoms in total. The van der Waals surface area contributed by atoms with Crippen molar-refractivity contribution in [3.8, 4) is 22.3 Å². The van der Waals surface area contributed by atoms with E-state index in [1.54, 1.807) is 0 Å². The van der Waals surface area contributed by atoms with E-state index < -0.39 is 0 Å². The summed E-state index contributed by atoms with van der Waals surface area (Å²) in [4.78, 5) is 0. The van der Waals surface area contributed by atoms with Gasteiger partial charge in [0, 0.05) is 0 Å². The van der Waals surface area contributed by atoms with Gasteiger partial charge in [0.1, 0.15) is 0 Å². The Labute approximate surface area is 155 Å². The number of aryl methyl sites for hydroxylation is 1. The molecule has 1 aliphatic rings. The van der Waals surface area contributed by atoms with Gasteiger partial charge in [-0.25, -0.2) is 0 Å². The monoisotopic (exact) mass is 334 g/mol. The van der Waals surface area contributed by atoms with Crippen LogP contribution in [0.4, 0.5) is 0 Å². The first kappa shape index (κ1) is 15.4. The van der Waals surface area contributed by atoms with Gasteiger partial charge in [-0.15, -0.1) is 0 Å². The van der Waals surface area contributed by atoms with Gasteiger partial charge in [0.05, 0.1) is 0 Å². The maximum Gasteiger partial charge on any atom is -0.000718 e. The molecule has 1 aliphatic carbocycles. The molecule has 0 spiro atoms. The quantitative estimate of drug-likeness (QED) is 0.332. The molecule has 0 N–H and O–H groups in total. The minimum atomic E-state index is 1.04. The Bertz CT molecular complexity index is 1110. The zero-order chi connectivity index (χ0) is 17.5. The number of fused-ring (bicyclic) bond motifs is 4. The van der Waals surface area contributed by atoms with Crippen LogP contribution in [0.3, 0.4) is 0 Å². The lowest BCUT2D eigenvalue weighted by molar-refractivity contribution is 0.922. The van der Waals surface area contributed by atoms with Crippen LogP contribution in [0.1, 0.15) is 30.0 Å². The van der Waals surface area contributed by atoms with Crippen molar-refractivity contribution in [3.05, 3.63) is 95.6 Å². The molecule has 5 rings (SSSR count). The third kappa shape index (κ3) is 2.29. The highest BCUT2D eigenvalue weighted by Gasteiger charge is 2.23. The van der Waals surface area contributed by atoms with Crippen LogP contribution >= 0.6 is 0 Å². The average molecular weight is 334 g/mol. The van der Waals surface area contributed by atoms with E-state index in [1.165, 1.54) is 56.1 Å². The molecule has 26 heavy (non-hydrogen) atoms. The van der Waals surface area contributed by atoms with Crippen molar-refractivity contribution in [2.45, 2.75) is 26.2 Å². The third-order valence-electron chi connectivity index (χ3n) is 5.65. The summed E-state index contributed by atoms with van der Waals surface area (Å²) in [5.41, 5.74) is 10.1. The molecule has 0 aromatic heterocycles. The molecule has 0 aliphatic heterocycles. The fourth-order valence-electron chi connectivity index (χ4n) is 4.52. The minimum absolute atomic E-state index is 1.04. The smallest absolute Gasteiger partial charge is 0.000718 e. The van der Waals surface area contributed by atoms with Crippen molar-refractivity contribution >= 4 is 10.8 Å². The summed E-state index contributed by atoms with van der Waals surface area (Å²) < 4.78 is 0. The van der Waals surface area contributed by atoms with E-state index in [9.17, 15) is 0 Å². The second-order valence-corrected chi connectivity index (χ2v) is 7.24. The molecular formula is C26H22. The van der Waals surface area contributed by atoms with Crippen molar-refractivity contribution in [2.75, 3.05) is 0 Å². The zero-order valence-electron chi connectivity index (χ0n) is 15.1. The highest BCUT2D eigenvalue weighted by Crippen LogP contribution is 2.44. The SMILES string of the molecule is CCCc1ccc2c(c1-c1cccc3ccccc13)Cc1ccccc1-2. The molecule has 4 aromatic carbocycles. The topological polar surface area (TPSA) is 0 Å². The molecule has 0 saturated carbocycles. The fraction of sp³-hybridized carbons (Fsp3) is 0.154. The summed E-state index contributed by atoms with van der Waals surface area (Å²) in [6.45, 7) is 2.27. The van der Waals surface area contributed by atoms with Crippen LogP contribution in [-0.4, -0.2) is 0 Å². The van der Waals surface area contributed by atoms with Gasteiger partial charge in [0.25, 0.3) is 0 Å². The van der Waals surface area contributed by atoms with E-state index in [0.717, 1.165) is 12.8 Å². The van der Waals surface area contributed by atoms with Gasteiger partial charge in [0.2, 0.25) is 0 Å². The molecule has 0 bridgehead atoms. The molecule has 0 atom stereocenters. The normalized spacial score (nSPS) is 12.2. The fourth-order valence-corrected chi connectivity index (χ4v) is 4.52. The Morgan fingerprint density at radius 2 is 1.46 bits per heavy atom. The second-order valence-electron chi connectivity index (χ2n) is 7.24. The average Bonchev–Trinajstić information content (AvgIpc) is 3.06. The lowest BCUT2D eigenvalue weighted by atomic mass is 9.87. The van der Waals surface area contributed by atoms with Gasteiger partial charge in [-0.2, -0.15) is 0 Å². The largest absolute Gasteiger partial charge is 0.0651 e. The Morgan fingerprint density at radius 3 is 2.38 bits per heavy atom. The molecule has 0 heterocycles. The maximum absolute atomic E-state index is 2.36. The van der Waals surface area contributed by atoms with Gasteiger partial charge in [-0.3, -0.25) is 0 Å². The summed E-state index contributed by atoms with van der Waals surface area (Å²) in [5.74, 6) is 0. The standard InChI is InChI=1S/C26H22/c1-2-8-19-15-16-23-22-13-6-4-10-20(22)17-25(23)26(19)24-14-7-11-18-9-3-5-12-21(18)24/h3-7,9-16H,2,8,17H2,1H3. The Kier molecular flexibility index (Phi) is 3.64. The van der Waals surface area contributed by atoms with E-state index in [4.69, 9.17) is 0 Å². The van der Waals surface area contributed by atoms with Gasteiger partial charge in [0.15, 0.2) is 0 Å². The Hall–Kier alpha value is -2.86. The summed E-state index contributed by atoms with van der Waals surface area (Å²) >= 11 is 0. The van der Waals surface area contributed by atoms with Crippen molar-refractivity contribution in [3.63, 3.8) is 0 Å². The third-order valence-corrected chi connectivity index (χ3v) is 5.65. The zero-order valence-corrected chi connectivity index (χ0v) is 15.1. The highest BCUT2D eigenvalue weighted by molar-refractivity contribution is 6.00. The Morgan fingerprint density at radius 1 is 0.692 bits per heavy atom. The molecule has 0 unspecified atom stereocenters. The molecule has 0 saturated heterocycles. The second kappa shape index (κ2) is 6.14. The van der Waals surface area contributed by atoms with E-state index in [0.29, 0.717) is 0 Å². The molecular weight excluding hydrogens is 312 g/mol. The Balaban J connectivity index is 1.83. The van der Waals surface area contributed by atoms with E-state index in [2.05, 4.69) is 85.8 Å². The summed E-state index contributed by atoms with van der Waals surface area (Å²) in [7, 11) is 0. The van der Waals surface area contributed by atoms with Crippen molar-refractivity contribution < 1.29 is 0 Å².